The van der Waals surface area contributed by atoms with Crippen LogP contribution in [-0.4, -0.2) is 27.5 Å². The van der Waals surface area contributed by atoms with Gasteiger partial charge in [0.15, 0.2) is 11.5 Å². The average Bonchev–Trinajstić information content (AvgIpc) is 2.87. The summed E-state index contributed by atoms with van der Waals surface area (Å²) >= 11 is 0. The highest BCUT2D eigenvalue weighted by Crippen LogP contribution is 2.53. The molecule has 0 bridgehead atoms. The molecule has 6 heteroatoms. The smallest absolute Gasteiger partial charge is 0.166 e. The van der Waals surface area contributed by atoms with Gasteiger partial charge in [-0.1, -0.05) is 58.8 Å². The zero-order chi connectivity index (χ0) is 24.6. The molecule has 34 heavy (non-hydrogen) atoms. The number of rotatable bonds is 11. The van der Waals surface area contributed by atoms with Gasteiger partial charge in [0.05, 0.1) is 14.2 Å². The molecule has 0 saturated heterocycles. The fourth-order valence-corrected chi connectivity index (χ4v) is 5.74. The van der Waals surface area contributed by atoms with Gasteiger partial charge < -0.3 is 14.2 Å². The van der Waals surface area contributed by atoms with Gasteiger partial charge in [-0.3, -0.25) is 4.99 Å². The molecule has 0 aliphatic rings. The van der Waals surface area contributed by atoms with Crippen molar-refractivity contribution < 1.29 is 18.6 Å². The molecule has 4 nitrogen and oxygen atoms in total. The van der Waals surface area contributed by atoms with Crippen LogP contribution in [0.4, 0.5) is 4.39 Å². The minimum Gasteiger partial charge on any atom is -0.497 e. The zero-order valence-corrected chi connectivity index (χ0v) is 21.5. The molecule has 1 atom stereocenters. The van der Waals surface area contributed by atoms with Crippen LogP contribution in [0.3, 0.4) is 0 Å². The third kappa shape index (κ3) is 5.77. The molecule has 0 heterocycles. The molecule has 0 aliphatic carbocycles. The molecule has 180 valence electrons. The summed E-state index contributed by atoms with van der Waals surface area (Å²) in [6, 6.07) is 18.9. The number of hydrogen-bond donors (Lipinski definition) is 0. The summed E-state index contributed by atoms with van der Waals surface area (Å²) in [6.45, 7) is 4.79. The Hall–Kier alpha value is -2.91. The molecule has 0 aliphatic heterocycles. The monoisotopic (exact) mass is 481 g/mol. The molecule has 1 unspecified atom stereocenters. The van der Waals surface area contributed by atoms with Gasteiger partial charge in [-0.15, -0.1) is 0 Å². The van der Waals surface area contributed by atoms with Crippen molar-refractivity contribution in [3.63, 3.8) is 0 Å². The quantitative estimate of drug-likeness (QED) is 0.232. The minimum absolute atomic E-state index is 0.262. The molecular weight excluding hydrogens is 448 g/mol. The Morgan fingerprint density at radius 2 is 1.71 bits per heavy atom. The van der Waals surface area contributed by atoms with Gasteiger partial charge in [0, 0.05) is 35.6 Å². The molecule has 3 aromatic rings. The van der Waals surface area contributed by atoms with Crippen LogP contribution in [0.1, 0.15) is 43.4 Å². The standard InChI is InChI=1S/C28H33FNO3P/c1-6-28(7-2,34-26-14-13-22(29)15-21(26)18-30-3)24-16-23(31-4)17-25(32-5)27(24)33-19-20-11-9-8-10-12-20/h8-18,34H,6-7,19H2,1-5H3. The van der Waals surface area contributed by atoms with Crippen molar-refractivity contribution >= 4 is 20.1 Å². The van der Waals surface area contributed by atoms with Gasteiger partial charge in [-0.25, -0.2) is 4.39 Å². The SMILES string of the molecule is CCC(CC)(Pc1ccc(F)cc1C=NC)c1cc(OC)cc(OC)c1OCc1ccccc1. The first kappa shape index (κ1) is 25.7. The van der Waals surface area contributed by atoms with Gasteiger partial charge >= 0.3 is 0 Å². The molecule has 0 spiro atoms. The summed E-state index contributed by atoms with van der Waals surface area (Å²) in [5.74, 6) is 1.80. The van der Waals surface area contributed by atoms with Crippen molar-refractivity contribution in [3.05, 3.63) is 83.2 Å². The van der Waals surface area contributed by atoms with E-state index in [1.54, 1.807) is 33.5 Å². The van der Waals surface area contributed by atoms with Crippen LogP contribution in [0.2, 0.25) is 0 Å². The van der Waals surface area contributed by atoms with Gasteiger partial charge in [0.2, 0.25) is 0 Å². The van der Waals surface area contributed by atoms with Crippen molar-refractivity contribution in [2.24, 2.45) is 4.99 Å². The second-order valence-corrected chi connectivity index (χ2v) is 9.76. The number of benzene rings is 3. The Morgan fingerprint density at radius 3 is 2.32 bits per heavy atom. The van der Waals surface area contributed by atoms with Gasteiger partial charge in [0.1, 0.15) is 18.2 Å². The highest BCUT2D eigenvalue weighted by Gasteiger charge is 2.35. The van der Waals surface area contributed by atoms with Gasteiger partial charge in [0.25, 0.3) is 0 Å². The largest absolute Gasteiger partial charge is 0.497 e. The first-order valence-corrected chi connectivity index (χ1v) is 12.4. The Balaban J connectivity index is 2.14. The van der Waals surface area contributed by atoms with Crippen LogP contribution >= 0.6 is 8.58 Å². The predicted octanol–water partition coefficient (Wildman–Crippen LogP) is 6.49. The molecule has 0 saturated carbocycles. The topological polar surface area (TPSA) is 40.0 Å². The number of methoxy groups -OCH3 is 2. The predicted molar refractivity (Wildman–Crippen MR) is 140 cm³/mol. The Bertz CT molecular complexity index is 1110. The van der Waals surface area contributed by atoms with Crippen molar-refractivity contribution in [2.45, 2.75) is 38.5 Å². The third-order valence-electron chi connectivity index (χ3n) is 6.09. The second kappa shape index (κ2) is 12.0. The summed E-state index contributed by atoms with van der Waals surface area (Å²) in [5.41, 5.74) is 2.91. The van der Waals surface area contributed by atoms with Crippen molar-refractivity contribution in [2.75, 3.05) is 21.3 Å². The summed E-state index contributed by atoms with van der Waals surface area (Å²) in [7, 11) is 5.36. The van der Waals surface area contributed by atoms with E-state index in [1.165, 1.54) is 6.07 Å². The number of hydrogen-bond acceptors (Lipinski definition) is 4. The molecule has 3 rings (SSSR count). The number of halogens is 1. The van der Waals surface area contributed by atoms with E-state index in [9.17, 15) is 4.39 Å². The lowest BCUT2D eigenvalue weighted by atomic mass is 9.91. The second-order valence-electron chi connectivity index (χ2n) is 8.01. The summed E-state index contributed by atoms with van der Waals surface area (Å²) in [5, 5.41) is 0.800. The fraction of sp³-hybridized carbons (Fsp3) is 0.321. The van der Waals surface area contributed by atoms with Crippen molar-refractivity contribution in [3.8, 4) is 17.2 Å². The van der Waals surface area contributed by atoms with Crippen LogP contribution in [-0.2, 0) is 11.8 Å². The highest BCUT2D eigenvalue weighted by atomic mass is 31.1. The van der Waals surface area contributed by atoms with Crippen LogP contribution < -0.4 is 19.5 Å². The normalized spacial score (nSPS) is 11.9. The van der Waals surface area contributed by atoms with Crippen LogP contribution in [0.15, 0.2) is 65.7 Å². The van der Waals surface area contributed by atoms with E-state index in [1.807, 2.05) is 42.5 Å². The highest BCUT2D eigenvalue weighted by molar-refractivity contribution is 7.48. The maximum absolute atomic E-state index is 14.0. The Morgan fingerprint density at radius 1 is 0.971 bits per heavy atom. The fourth-order valence-electron chi connectivity index (χ4n) is 4.11. The number of nitrogens with zero attached hydrogens (tertiary/aromatic N) is 1. The summed E-state index contributed by atoms with van der Waals surface area (Å²) < 4.78 is 31.8. The van der Waals surface area contributed by atoms with E-state index < -0.39 is 0 Å². The van der Waals surface area contributed by atoms with Crippen LogP contribution in [0.5, 0.6) is 17.2 Å². The molecule has 0 aromatic heterocycles. The lowest BCUT2D eigenvalue weighted by Crippen LogP contribution is -2.24. The summed E-state index contributed by atoms with van der Waals surface area (Å²) in [4.78, 5) is 4.15. The number of ether oxygens (including phenoxy) is 3. The molecular formula is C28H33FNO3P. The average molecular weight is 482 g/mol. The minimum atomic E-state index is -0.267. The van der Waals surface area contributed by atoms with E-state index in [-0.39, 0.29) is 11.0 Å². The lowest BCUT2D eigenvalue weighted by molar-refractivity contribution is 0.275. The maximum atomic E-state index is 14.0. The van der Waals surface area contributed by atoms with Crippen molar-refractivity contribution in [1.29, 1.82) is 0 Å². The Kier molecular flexibility index (Phi) is 9.06. The number of aliphatic imine (C=N–C) groups is 1. The third-order valence-corrected chi connectivity index (χ3v) is 8.27. The maximum Gasteiger partial charge on any atom is 0.166 e. The van der Waals surface area contributed by atoms with Crippen LogP contribution in [0.25, 0.3) is 0 Å². The van der Waals surface area contributed by atoms with E-state index in [4.69, 9.17) is 14.2 Å². The first-order valence-electron chi connectivity index (χ1n) is 11.4. The molecule has 0 N–H and O–H groups in total. The van der Waals surface area contributed by atoms with Gasteiger partial charge in [-0.2, -0.15) is 0 Å². The van der Waals surface area contributed by atoms with Crippen LogP contribution in [0, 0.1) is 5.82 Å². The molecule has 0 radical (unpaired) electrons. The van der Waals surface area contributed by atoms with Gasteiger partial charge in [-0.05, 0) is 41.9 Å². The lowest BCUT2D eigenvalue weighted by Gasteiger charge is -2.35. The zero-order valence-electron chi connectivity index (χ0n) is 20.5. The van der Waals surface area contributed by atoms with E-state index in [0.717, 1.165) is 40.6 Å². The molecule has 0 amide bonds. The summed E-state index contributed by atoms with van der Waals surface area (Å²) in [6.07, 6.45) is 3.45. The molecule has 3 aromatic carbocycles. The van der Waals surface area contributed by atoms with E-state index in [0.29, 0.717) is 26.7 Å². The first-order chi connectivity index (χ1) is 16.5. The van der Waals surface area contributed by atoms with Crippen molar-refractivity contribution in [1.82, 2.24) is 0 Å². The Labute approximate surface area is 204 Å². The molecule has 0 fully saturated rings. The van der Waals surface area contributed by atoms with E-state index >= 15 is 0 Å². The van der Waals surface area contributed by atoms with E-state index in [2.05, 4.69) is 24.9 Å².